The standard InChI is InChI=1S/C12H12ClFN2O/c1-7-2-3-8(14)6-9(7)12(16-15)10-4-5-11(13)17-10/h2-6,12,16H,15H2,1H3. The molecule has 0 amide bonds. The highest BCUT2D eigenvalue weighted by atomic mass is 35.5. The van der Waals surface area contributed by atoms with Gasteiger partial charge >= 0.3 is 0 Å². The summed E-state index contributed by atoms with van der Waals surface area (Å²) in [7, 11) is 0. The van der Waals surface area contributed by atoms with Crippen LogP contribution >= 0.6 is 11.6 Å². The van der Waals surface area contributed by atoms with Gasteiger partial charge in [0.2, 0.25) is 0 Å². The summed E-state index contributed by atoms with van der Waals surface area (Å²) in [4.78, 5) is 0. The largest absolute Gasteiger partial charge is 0.448 e. The highest BCUT2D eigenvalue weighted by molar-refractivity contribution is 6.28. The first-order chi connectivity index (χ1) is 8.11. The van der Waals surface area contributed by atoms with Gasteiger partial charge in [-0.3, -0.25) is 5.84 Å². The molecular weight excluding hydrogens is 243 g/mol. The van der Waals surface area contributed by atoms with Crippen molar-refractivity contribution in [3.05, 3.63) is 58.3 Å². The van der Waals surface area contributed by atoms with Crippen molar-refractivity contribution in [3.8, 4) is 0 Å². The third-order valence-corrected chi connectivity index (χ3v) is 2.80. The molecule has 1 aromatic carbocycles. The summed E-state index contributed by atoms with van der Waals surface area (Å²) in [5.41, 5.74) is 4.24. The number of rotatable bonds is 3. The van der Waals surface area contributed by atoms with Gasteiger partial charge in [0.25, 0.3) is 0 Å². The molecule has 0 bridgehead atoms. The average Bonchev–Trinajstić information content (AvgIpc) is 2.71. The van der Waals surface area contributed by atoms with Gasteiger partial charge in [0.05, 0.1) is 0 Å². The Balaban J connectivity index is 2.45. The van der Waals surface area contributed by atoms with Gasteiger partial charge in [0.1, 0.15) is 17.6 Å². The molecule has 3 nitrogen and oxygen atoms in total. The lowest BCUT2D eigenvalue weighted by Crippen LogP contribution is -2.29. The van der Waals surface area contributed by atoms with Crippen LogP contribution in [0.3, 0.4) is 0 Å². The van der Waals surface area contributed by atoms with Gasteiger partial charge in [-0.15, -0.1) is 0 Å². The van der Waals surface area contributed by atoms with Crippen molar-refractivity contribution in [3.63, 3.8) is 0 Å². The first-order valence-electron chi connectivity index (χ1n) is 5.09. The number of aryl methyl sites for hydroxylation is 1. The third-order valence-electron chi connectivity index (χ3n) is 2.60. The van der Waals surface area contributed by atoms with E-state index in [9.17, 15) is 4.39 Å². The van der Waals surface area contributed by atoms with Crippen LogP contribution in [0.15, 0.2) is 34.7 Å². The molecule has 0 aliphatic heterocycles. The second-order valence-electron chi connectivity index (χ2n) is 3.74. The van der Waals surface area contributed by atoms with E-state index in [0.717, 1.165) is 11.1 Å². The topological polar surface area (TPSA) is 51.2 Å². The Hall–Kier alpha value is -1.36. The third kappa shape index (κ3) is 2.49. The van der Waals surface area contributed by atoms with Gasteiger partial charge in [0.15, 0.2) is 5.22 Å². The minimum atomic E-state index is -0.418. The van der Waals surface area contributed by atoms with E-state index in [4.69, 9.17) is 21.9 Å². The van der Waals surface area contributed by atoms with Crippen molar-refractivity contribution < 1.29 is 8.81 Å². The highest BCUT2D eigenvalue weighted by Gasteiger charge is 2.18. The monoisotopic (exact) mass is 254 g/mol. The molecule has 0 aliphatic carbocycles. The lowest BCUT2D eigenvalue weighted by molar-refractivity contribution is 0.451. The van der Waals surface area contributed by atoms with Crippen LogP contribution in [0.25, 0.3) is 0 Å². The Labute approximate surface area is 103 Å². The fourth-order valence-corrected chi connectivity index (χ4v) is 1.88. The zero-order valence-electron chi connectivity index (χ0n) is 9.21. The van der Waals surface area contributed by atoms with E-state index >= 15 is 0 Å². The Morgan fingerprint density at radius 2 is 2.12 bits per heavy atom. The van der Waals surface area contributed by atoms with Crippen molar-refractivity contribution in [2.45, 2.75) is 13.0 Å². The van der Waals surface area contributed by atoms with Gasteiger partial charge < -0.3 is 4.42 Å². The van der Waals surface area contributed by atoms with Gasteiger partial charge in [-0.2, -0.15) is 0 Å². The molecule has 0 fully saturated rings. The predicted octanol–water partition coefficient (Wildman–Crippen LogP) is 2.93. The molecule has 1 heterocycles. The van der Waals surface area contributed by atoms with E-state index in [0.29, 0.717) is 5.76 Å². The molecular formula is C12H12ClFN2O. The number of nitrogens with one attached hydrogen (secondary N) is 1. The minimum absolute atomic E-state index is 0.273. The van der Waals surface area contributed by atoms with Gasteiger partial charge in [-0.05, 0) is 53.9 Å². The summed E-state index contributed by atoms with van der Waals surface area (Å²) in [5, 5.41) is 0.273. The Morgan fingerprint density at radius 1 is 1.35 bits per heavy atom. The van der Waals surface area contributed by atoms with Gasteiger partial charge in [0, 0.05) is 0 Å². The van der Waals surface area contributed by atoms with E-state index in [-0.39, 0.29) is 11.0 Å². The number of hydrogen-bond acceptors (Lipinski definition) is 3. The minimum Gasteiger partial charge on any atom is -0.448 e. The molecule has 90 valence electrons. The molecule has 2 aromatic rings. The van der Waals surface area contributed by atoms with E-state index in [1.54, 1.807) is 18.2 Å². The highest BCUT2D eigenvalue weighted by Crippen LogP contribution is 2.27. The van der Waals surface area contributed by atoms with Crippen LogP contribution in [-0.2, 0) is 0 Å². The van der Waals surface area contributed by atoms with Crippen molar-refractivity contribution >= 4 is 11.6 Å². The number of halogens is 2. The van der Waals surface area contributed by atoms with Gasteiger partial charge in [-0.25, -0.2) is 9.82 Å². The molecule has 0 saturated heterocycles. The fourth-order valence-electron chi connectivity index (χ4n) is 1.73. The van der Waals surface area contributed by atoms with Crippen molar-refractivity contribution in [1.29, 1.82) is 0 Å². The number of hydrazine groups is 1. The van der Waals surface area contributed by atoms with Gasteiger partial charge in [-0.1, -0.05) is 6.07 Å². The molecule has 0 radical (unpaired) electrons. The molecule has 1 unspecified atom stereocenters. The zero-order chi connectivity index (χ0) is 12.4. The molecule has 1 aromatic heterocycles. The Morgan fingerprint density at radius 3 is 2.71 bits per heavy atom. The average molecular weight is 255 g/mol. The second kappa shape index (κ2) is 4.87. The zero-order valence-corrected chi connectivity index (χ0v) is 9.96. The Kier molecular flexibility index (Phi) is 3.47. The van der Waals surface area contributed by atoms with Crippen LogP contribution in [0.4, 0.5) is 4.39 Å². The molecule has 5 heteroatoms. The Bertz CT molecular complexity index is 527. The quantitative estimate of drug-likeness (QED) is 0.654. The van der Waals surface area contributed by atoms with E-state index in [1.807, 2.05) is 6.92 Å². The van der Waals surface area contributed by atoms with Crippen LogP contribution in [0.5, 0.6) is 0 Å². The maximum absolute atomic E-state index is 13.2. The predicted molar refractivity (Wildman–Crippen MR) is 64.0 cm³/mol. The van der Waals surface area contributed by atoms with E-state index < -0.39 is 6.04 Å². The molecule has 2 rings (SSSR count). The summed E-state index contributed by atoms with van der Waals surface area (Å²) < 4.78 is 18.5. The van der Waals surface area contributed by atoms with Crippen molar-refractivity contribution in [2.24, 2.45) is 5.84 Å². The lowest BCUT2D eigenvalue weighted by atomic mass is 10.00. The summed E-state index contributed by atoms with van der Waals surface area (Å²) >= 11 is 5.71. The lowest BCUT2D eigenvalue weighted by Gasteiger charge is -2.16. The van der Waals surface area contributed by atoms with Crippen LogP contribution in [0.1, 0.15) is 22.9 Å². The number of hydrogen-bond donors (Lipinski definition) is 2. The number of nitrogens with two attached hydrogens (primary N) is 1. The smallest absolute Gasteiger partial charge is 0.193 e. The second-order valence-corrected chi connectivity index (χ2v) is 4.11. The molecule has 3 N–H and O–H groups in total. The first-order valence-corrected chi connectivity index (χ1v) is 5.47. The number of benzene rings is 1. The maximum atomic E-state index is 13.2. The van der Waals surface area contributed by atoms with Crippen LogP contribution < -0.4 is 11.3 Å². The molecule has 0 spiro atoms. The first kappa shape index (κ1) is 12.1. The maximum Gasteiger partial charge on any atom is 0.193 e. The SMILES string of the molecule is Cc1ccc(F)cc1C(NN)c1ccc(Cl)o1. The molecule has 0 aliphatic rings. The summed E-state index contributed by atoms with van der Waals surface area (Å²) in [6.07, 6.45) is 0. The van der Waals surface area contributed by atoms with Crippen LogP contribution in [-0.4, -0.2) is 0 Å². The fraction of sp³-hybridized carbons (Fsp3) is 0.167. The van der Waals surface area contributed by atoms with E-state index in [2.05, 4.69) is 5.43 Å². The summed E-state index contributed by atoms with van der Waals surface area (Å²) in [6, 6.07) is 7.43. The van der Waals surface area contributed by atoms with Crippen LogP contribution in [0.2, 0.25) is 5.22 Å². The van der Waals surface area contributed by atoms with Crippen LogP contribution in [0, 0.1) is 12.7 Å². The van der Waals surface area contributed by atoms with Crippen molar-refractivity contribution in [1.82, 2.24) is 5.43 Å². The van der Waals surface area contributed by atoms with E-state index in [1.165, 1.54) is 12.1 Å². The summed E-state index contributed by atoms with van der Waals surface area (Å²) in [5.74, 6) is 5.72. The number of furan rings is 1. The van der Waals surface area contributed by atoms with Crippen molar-refractivity contribution in [2.75, 3.05) is 0 Å². The molecule has 1 atom stereocenters. The summed E-state index contributed by atoms with van der Waals surface area (Å²) in [6.45, 7) is 1.88. The molecule has 17 heavy (non-hydrogen) atoms. The normalized spacial score (nSPS) is 12.7. The molecule has 0 saturated carbocycles.